The van der Waals surface area contributed by atoms with E-state index in [-0.39, 0.29) is 34.2 Å². The molecule has 2 aromatic rings. The standard InChI is InChI=1S/C18H18N2O8/c1-25-12-5-6-13(14(9-12)20(23)24)19-17(21)10-28-15-7-4-11(18(22)27-3)8-16(15)26-2/h4-9H,10H2,1-3H3,(H,19,21). The molecule has 1 N–H and O–H groups in total. The monoisotopic (exact) mass is 390 g/mol. The lowest BCUT2D eigenvalue weighted by molar-refractivity contribution is -0.384. The molecule has 2 rings (SSSR count). The number of rotatable bonds is 8. The van der Waals surface area contributed by atoms with Crippen molar-refractivity contribution in [2.45, 2.75) is 0 Å². The van der Waals surface area contributed by atoms with Crippen molar-refractivity contribution in [3.8, 4) is 17.2 Å². The Hall–Kier alpha value is -3.82. The largest absolute Gasteiger partial charge is 0.496 e. The van der Waals surface area contributed by atoms with Gasteiger partial charge in [-0.25, -0.2) is 4.79 Å². The van der Waals surface area contributed by atoms with E-state index < -0.39 is 23.4 Å². The van der Waals surface area contributed by atoms with Crippen molar-refractivity contribution < 1.29 is 33.5 Å². The van der Waals surface area contributed by atoms with Gasteiger partial charge in [0, 0.05) is 0 Å². The molecule has 2 aromatic carbocycles. The Morgan fingerprint density at radius 3 is 2.39 bits per heavy atom. The molecule has 0 radical (unpaired) electrons. The van der Waals surface area contributed by atoms with Crippen molar-refractivity contribution in [3.05, 3.63) is 52.1 Å². The second-order valence-electron chi connectivity index (χ2n) is 5.33. The number of esters is 1. The first-order chi connectivity index (χ1) is 13.4. The quantitative estimate of drug-likeness (QED) is 0.414. The first-order valence-corrected chi connectivity index (χ1v) is 7.91. The fraction of sp³-hybridized carbons (Fsp3) is 0.222. The molecule has 0 aliphatic rings. The van der Waals surface area contributed by atoms with Gasteiger partial charge in [-0.2, -0.15) is 0 Å². The average Bonchev–Trinajstić information content (AvgIpc) is 2.71. The molecule has 0 aromatic heterocycles. The van der Waals surface area contributed by atoms with Crippen molar-refractivity contribution in [1.82, 2.24) is 0 Å². The van der Waals surface area contributed by atoms with E-state index in [1.807, 2.05) is 0 Å². The predicted octanol–water partition coefficient (Wildman–Crippen LogP) is 2.42. The Bertz CT molecular complexity index is 897. The minimum Gasteiger partial charge on any atom is -0.496 e. The molecule has 10 heteroatoms. The summed E-state index contributed by atoms with van der Waals surface area (Å²) in [6.45, 7) is -0.433. The molecule has 10 nitrogen and oxygen atoms in total. The van der Waals surface area contributed by atoms with Crippen molar-refractivity contribution in [3.63, 3.8) is 0 Å². The molecule has 0 unspecified atom stereocenters. The SMILES string of the molecule is COC(=O)c1ccc(OCC(=O)Nc2ccc(OC)cc2[N+](=O)[O-])c(OC)c1. The average molecular weight is 390 g/mol. The predicted molar refractivity (Wildman–Crippen MR) is 98.1 cm³/mol. The topological polar surface area (TPSA) is 126 Å². The van der Waals surface area contributed by atoms with Gasteiger partial charge in [0.05, 0.1) is 37.9 Å². The highest BCUT2D eigenvalue weighted by Gasteiger charge is 2.18. The van der Waals surface area contributed by atoms with Crippen LogP contribution < -0.4 is 19.5 Å². The molecule has 0 fully saturated rings. The second-order valence-corrected chi connectivity index (χ2v) is 5.33. The number of nitro benzene ring substituents is 1. The number of carbonyl (C=O) groups is 2. The van der Waals surface area contributed by atoms with E-state index in [1.165, 1.54) is 57.7 Å². The molecule has 0 aliphatic carbocycles. The first kappa shape index (κ1) is 20.5. The van der Waals surface area contributed by atoms with Gasteiger partial charge < -0.3 is 24.3 Å². The molecule has 28 heavy (non-hydrogen) atoms. The lowest BCUT2D eigenvalue weighted by Gasteiger charge is -2.12. The lowest BCUT2D eigenvalue weighted by atomic mass is 10.2. The van der Waals surface area contributed by atoms with Crippen LogP contribution in [0.1, 0.15) is 10.4 Å². The number of methoxy groups -OCH3 is 3. The number of ether oxygens (including phenoxy) is 4. The number of carbonyl (C=O) groups excluding carboxylic acids is 2. The van der Waals surface area contributed by atoms with Gasteiger partial charge in [-0.1, -0.05) is 0 Å². The highest BCUT2D eigenvalue weighted by Crippen LogP contribution is 2.30. The van der Waals surface area contributed by atoms with Crippen LogP contribution in [0.3, 0.4) is 0 Å². The maximum absolute atomic E-state index is 12.1. The zero-order valence-electron chi connectivity index (χ0n) is 15.4. The van der Waals surface area contributed by atoms with Gasteiger partial charge in [0.2, 0.25) is 0 Å². The summed E-state index contributed by atoms with van der Waals surface area (Å²) in [5.74, 6) is -0.432. The molecule has 0 saturated heterocycles. The third kappa shape index (κ3) is 4.87. The summed E-state index contributed by atoms with van der Waals surface area (Å²) < 4.78 is 20.1. The molecule has 0 aliphatic heterocycles. The normalized spacial score (nSPS) is 9.96. The smallest absolute Gasteiger partial charge is 0.337 e. The van der Waals surface area contributed by atoms with Gasteiger partial charge in [-0.15, -0.1) is 0 Å². The lowest BCUT2D eigenvalue weighted by Crippen LogP contribution is -2.21. The second kappa shape index (κ2) is 9.21. The Morgan fingerprint density at radius 1 is 1.04 bits per heavy atom. The molecule has 0 bridgehead atoms. The summed E-state index contributed by atoms with van der Waals surface area (Å²) in [5.41, 5.74) is -0.0508. The number of nitro groups is 1. The summed E-state index contributed by atoms with van der Waals surface area (Å²) in [7, 11) is 4.01. The number of benzene rings is 2. The number of nitrogens with zero attached hydrogens (tertiary/aromatic N) is 1. The van der Waals surface area contributed by atoms with Gasteiger partial charge in [0.1, 0.15) is 11.4 Å². The van der Waals surface area contributed by atoms with Crippen molar-refractivity contribution in [2.75, 3.05) is 33.3 Å². The zero-order valence-corrected chi connectivity index (χ0v) is 15.4. The van der Waals surface area contributed by atoms with Crippen LogP contribution in [0.15, 0.2) is 36.4 Å². The first-order valence-electron chi connectivity index (χ1n) is 7.91. The van der Waals surface area contributed by atoms with Crippen LogP contribution in [0, 0.1) is 10.1 Å². The third-order valence-corrected chi connectivity index (χ3v) is 3.62. The Kier molecular flexibility index (Phi) is 6.74. The van der Waals surface area contributed by atoms with Crippen LogP contribution in [-0.4, -0.2) is 44.7 Å². The highest BCUT2D eigenvalue weighted by molar-refractivity contribution is 5.94. The molecule has 0 heterocycles. The maximum atomic E-state index is 12.1. The van der Waals surface area contributed by atoms with E-state index in [4.69, 9.17) is 14.2 Å². The minimum atomic E-state index is -0.631. The maximum Gasteiger partial charge on any atom is 0.337 e. The van der Waals surface area contributed by atoms with Crippen LogP contribution in [0.5, 0.6) is 17.2 Å². The van der Waals surface area contributed by atoms with Crippen molar-refractivity contribution in [2.24, 2.45) is 0 Å². The molecular formula is C18H18N2O8. The van der Waals surface area contributed by atoms with Crippen LogP contribution in [0.25, 0.3) is 0 Å². The molecular weight excluding hydrogens is 372 g/mol. The fourth-order valence-corrected chi connectivity index (χ4v) is 2.26. The summed E-state index contributed by atoms with van der Waals surface area (Å²) in [6.07, 6.45) is 0. The van der Waals surface area contributed by atoms with E-state index in [0.717, 1.165) is 0 Å². The van der Waals surface area contributed by atoms with Crippen LogP contribution in [0.2, 0.25) is 0 Å². The van der Waals surface area contributed by atoms with E-state index in [2.05, 4.69) is 10.1 Å². The molecule has 0 spiro atoms. The fourth-order valence-electron chi connectivity index (χ4n) is 2.26. The molecule has 0 atom stereocenters. The van der Waals surface area contributed by atoms with Gasteiger partial charge in [0.15, 0.2) is 18.1 Å². The van der Waals surface area contributed by atoms with Crippen molar-refractivity contribution in [1.29, 1.82) is 0 Å². The van der Waals surface area contributed by atoms with Crippen molar-refractivity contribution >= 4 is 23.3 Å². The minimum absolute atomic E-state index is 0.00686. The molecule has 148 valence electrons. The summed E-state index contributed by atoms with van der Waals surface area (Å²) in [6, 6.07) is 8.36. The van der Waals surface area contributed by atoms with Gasteiger partial charge >= 0.3 is 5.97 Å². The number of hydrogen-bond acceptors (Lipinski definition) is 8. The van der Waals surface area contributed by atoms with E-state index in [9.17, 15) is 19.7 Å². The van der Waals surface area contributed by atoms with Crippen LogP contribution >= 0.6 is 0 Å². The number of hydrogen-bond donors (Lipinski definition) is 1. The van der Waals surface area contributed by atoms with E-state index in [1.54, 1.807) is 0 Å². The molecule has 0 saturated carbocycles. The van der Waals surface area contributed by atoms with Crippen LogP contribution in [-0.2, 0) is 9.53 Å². The highest BCUT2D eigenvalue weighted by atomic mass is 16.6. The van der Waals surface area contributed by atoms with Gasteiger partial charge in [-0.05, 0) is 30.3 Å². The number of amides is 1. The summed E-state index contributed by atoms with van der Waals surface area (Å²) >= 11 is 0. The Labute approximate surface area is 160 Å². The Morgan fingerprint density at radius 2 is 1.79 bits per heavy atom. The van der Waals surface area contributed by atoms with Crippen LogP contribution in [0.4, 0.5) is 11.4 Å². The van der Waals surface area contributed by atoms with Gasteiger partial charge in [-0.3, -0.25) is 14.9 Å². The van der Waals surface area contributed by atoms with E-state index >= 15 is 0 Å². The number of anilines is 1. The summed E-state index contributed by atoms with van der Waals surface area (Å²) in [4.78, 5) is 34.2. The molecule has 1 amide bonds. The third-order valence-electron chi connectivity index (χ3n) is 3.62. The van der Waals surface area contributed by atoms with E-state index in [0.29, 0.717) is 0 Å². The van der Waals surface area contributed by atoms with Gasteiger partial charge in [0.25, 0.3) is 11.6 Å². The number of nitrogens with one attached hydrogen (secondary N) is 1. The zero-order chi connectivity index (χ0) is 20.7. The summed E-state index contributed by atoms with van der Waals surface area (Å²) in [5, 5.41) is 13.6. The Balaban J connectivity index is 2.09.